The van der Waals surface area contributed by atoms with E-state index in [1.807, 2.05) is 36.4 Å². The third kappa shape index (κ3) is 4.08. The fourth-order valence-electron chi connectivity index (χ4n) is 4.30. The van der Waals surface area contributed by atoms with Crippen LogP contribution in [0, 0.1) is 0 Å². The summed E-state index contributed by atoms with van der Waals surface area (Å²) >= 11 is 3.60. The number of ether oxygens (including phenoxy) is 5. The standard InChI is InChI=1S/C23H25BrO7/c1-23(2)30-21-19(26)20(29-22(21)31-23)18(25)13-4-5-15(24)14(11-13)9-12-3-6-16-17(10-12)28-8-7-27-16/h3-6,10-11,18-22,25-26H,7-9H2,1-2H3/t18-,19-,20+,21+,22+/m1/s1. The van der Waals surface area contributed by atoms with Crippen molar-refractivity contribution in [1.82, 2.24) is 0 Å². The fraction of sp³-hybridized carbons (Fsp3) is 0.478. The van der Waals surface area contributed by atoms with Crippen molar-refractivity contribution >= 4 is 15.9 Å². The van der Waals surface area contributed by atoms with Gasteiger partial charge in [0.05, 0.1) is 0 Å². The van der Waals surface area contributed by atoms with E-state index in [2.05, 4.69) is 15.9 Å². The Morgan fingerprint density at radius 1 is 1.06 bits per heavy atom. The maximum atomic E-state index is 11.0. The van der Waals surface area contributed by atoms with Gasteiger partial charge in [-0.15, -0.1) is 0 Å². The lowest BCUT2D eigenvalue weighted by atomic mass is 9.96. The molecule has 31 heavy (non-hydrogen) atoms. The molecule has 0 radical (unpaired) electrons. The molecule has 3 aliphatic heterocycles. The van der Waals surface area contributed by atoms with Crippen LogP contribution >= 0.6 is 15.9 Å². The number of hydrogen-bond acceptors (Lipinski definition) is 7. The molecule has 7 nitrogen and oxygen atoms in total. The fourth-order valence-corrected chi connectivity index (χ4v) is 4.69. The highest BCUT2D eigenvalue weighted by Gasteiger charge is 2.56. The van der Waals surface area contributed by atoms with E-state index in [9.17, 15) is 10.2 Å². The third-order valence-corrected chi connectivity index (χ3v) is 6.55. The molecule has 0 spiro atoms. The minimum atomic E-state index is -1.02. The number of fused-ring (bicyclic) bond motifs is 2. The first-order valence-electron chi connectivity index (χ1n) is 10.3. The molecule has 0 unspecified atom stereocenters. The summed E-state index contributed by atoms with van der Waals surface area (Å²) in [4.78, 5) is 0. The first-order chi connectivity index (χ1) is 14.8. The van der Waals surface area contributed by atoms with Gasteiger partial charge >= 0.3 is 0 Å². The molecule has 8 heteroatoms. The molecule has 5 rings (SSSR count). The van der Waals surface area contributed by atoms with E-state index in [1.54, 1.807) is 13.8 Å². The largest absolute Gasteiger partial charge is 0.486 e. The van der Waals surface area contributed by atoms with Crippen LogP contribution in [0.5, 0.6) is 11.5 Å². The topological polar surface area (TPSA) is 86.6 Å². The van der Waals surface area contributed by atoms with Crippen molar-refractivity contribution in [2.24, 2.45) is 0 Å². The Hall–Kier alpha value is -1.68. The molecule has 0 amide bonds. The van der Waals surface area contributed by atoms with E-state index in [0.29, 0.717) is 25.2 Å². The predicted molar refractivity (Wildman–Crippen MR) is 114 cm³/mol. The summed E-state index contributed by atoms with van der Waals surface area (Å²) in [5, 5.41) is 21.6. The van der Waals surface area contributed by atoms with Crippen molar-refractivity contribution in [3.63, 3.8) is 0 Å². The average molecular weight is 493 g/mol. The van der Waals surface area contributed by atoms with Crippen molar-refractivity contribution in [3.05, 3.63) is 57.6 Å². The molecule has 0 aliphatic carbocycles. The maximum absolute atomic E-state index is 11.0. The summed E-state index contributed by atoms with van der Waals surface area (Å²) in [6, 6.07) is 11.5. The molecule has 2 N–H and O–H groups in total. The van der Waals surface area contributed by atoms with Gasteiger partial charge in [-0.1, -0.05) is 34.1 Å². The van der Waals surface area contributed by atoms with Gasteiger partial charge in [-0.3, -0.25) is 0 Å². The summed E-state index contributed by atoms with van der Waals surface area (Å²) in [5.41, 5.74) is 2.71. The highest BCUT2D eigenvalue weighted by Crippen LogP contribution is 2.41. The zero-order valence-electron chi connectivity index (χ0n) is 17.3. The van der Waals surface area contributed by atoms with Crippen LogP contribution < -0.4 is 9.47 Å². The Balaban J connectivity index is 1.34. The quantitative estimate of drug-likeness (QED) is 0.677. The lowest BCUT2D eigenvalue weighted by molar-refractivity contribution is -0.226. The van der Waals surface area contributed by atoms with E-state index in [-0.39, 0.29) is 0 Å². The molecule has 2 aromatic rings. The van der Waals surface area contributed by atoms with E-state index in [1.165, 1.54) is 0 Å². The molecule has 0 saturated carbocycles. The molecule has 0 bridgehead atoms. The number of hydrogen-bond donors (Lipinski definition) is 2. The normalized spacial score (nSPS) is 29.6. The summed E-state index contributed by atoms with van der Waals surface area (Å²) < 4.78 is 29.4. The molecular weight excluding hydrogens is 468 g/mol. The zero-order valence-corrected chi connectivity index (χ0v) is 18.9. The summed E-state index contributed by atoms with van der Waals surface area (Å²) in [7, 11) is 0. The maximum Gasteiger partial charge on any atom is 0.190 e. The molecule has 2 fully saturated rings. The number of rotatable bonds is 4. The number of aliphatic hydroxyl groups is 2. The molecule has 2 saturated heterocycles. The van der Waals surface area contributed by atoms with Crippen molar-refractivity contribution in [2.75, 3.05) is 13.2 Å². The first-order valence-corrected chi connectivity index (χ1v) is 11.1. The predicted octanol–water partition coefficient (Wildman–Crippen LogP) is 3.08. The summed E-state index contributed by atoms with van der Waals surface area (Å²) in [6.45, 7) is 4.64. The van der Waals surface area contributed by atoms with Gasteiger partial charge in [-0.2, -0.15) is 0 Å². The van der Waals surface area contributed by atoms with E-state index < -0.39 is 36.5 Å². The number of aliphatic hydroxyl groups excluding tert-OH is 2. The van der Waals surface area contributed by atoms with Gasteiger partial charge < -0.3 is 33.9 Å². The second kappa shape index (κ2) is 8.03. The van der Waals surface area contributed by atoms with Gasteiger partial charge in [0.25, 0.3) is 0 Å². The zero-order chi connectivity index (χ0) is 21.8. The van der Waals surface area contributed by atoms with Crippen LogP contribution in [0.4, 0.5) is 0 Å². The van der Waals surface area contributed by atoms with Gasteiger partial charge in [0.1, 0.15) is 37.6 Å². The monoisotopic (exact) mass is 492 g/mol. The highest BCUT2D eigenvalue weighted by atomic mass is 79.9. The molecule has 5 atom stereocenters. The van der Waals surface area contributed by atoms with Crippen molar-refractivity contribution in [1.29, 1.82) is 0 Å². The molecular formula is C23H25BrO7. The summed E-state index contributed by atoms with van der Waals surface area (Å²) in [6.07, 6.45) is -3.54. The Kier molecular flexibility index (Phi) is 5.48. The van der Waals surface area contributed by atoms with Gasteiger partial charge in [0, 0.05) is 4.47 Å². The van der Waals surface area contributed by atoms with E-state index in [0.717, 1.165) is 27.1 Å². The molecule has 3 heterocycles. The average Bonchev–Trinajstić information content (AvgIpc) is 3.21. The van der Waals surface area contributed by atoms with Crippen LogP contribution in [-0.4, -0.2) is 53.8 Å². The first kappa shape index (κ1) is 21.2. The van der Waals surface area contributed by atoms with E-state index in [4.69, 9.17) is 23.7 Å². The number of benzene rings is 2. The highest BCUT2D eigenvalue weighted by molar-refractivity contribution is 9.10. The minimum Gasteiger partial charge on any atom is -0.486 e. The SMILES string of the molecule is CC1(C)O[C@@H]2O[C@@H]([C@H](O)c3ccc(Br)c(Cc4ccc5c(c4)OCCO5)c3)[C@@H](O)[C@@H]2O1. The Morgan fingerprint density at radius 2 is 1.84 bits per heavy atom. The van der Waals surface area contributed by atoms with Gasteiger partial charge in [0.15, 0.2) is 23.6 Å². The van der Waals surface area contributed by atoms with Crippen molar-refractivity contribution < 1.29 is 33.9 Å². The molecule has 166 valence electrons. The Bertz CT molecular complexity index is 978. The number of halogens is 1. The van der Waals surface area contributed by atoms with Crippen molar-refractivity contribution in [3.8, 4) is 11.5 Å². The molecule has 3 aliphatic rings. The smallest absolute Gasteiger partial charge is 0.190 e. The van der Waals surface area contributed by atoms with Crippen LogP contribution in [0.2, 0.25) is 0 Å². The van der Waals surface area contributed by atoms with Gasteiger partial charge in [-0.05, 0) is 55.2 Å². The second-order valence-corrected chi connectivity index (χ2v) is 9.36. The molecule has 0 aromatic heterocycles. The van der Waals surface area contributed by atoms with Crippen molar-refractivity contribution in [2.45, 2.75) is 56.8 Å². The van der Waals surface area contributed by atoms with Gasteiger partial charge in [0.2, 0.25) is 0 Å². The minimum absolute atomic E-state index is 0.540. The third-order valence-electron chi connectivity index (χ3n) is 5.78. The molecule has 2 aromatic carbocycles. The Labute approximate surface area is 189 Å². The van der Waals surface area contributed by atoms with Crippen LogP contribution in [0.1, 0.15) is 36.6 Å². The van der Waals surface area contributed by atoms with Crippen LogP contribution in [0.25, 0.3) is 0 Å². The van der Waals surface area contributed by atoms with Gasteiger partial charge in [-0.25, -0.2) is 0 Å². The second-order valence-electron chi connectivity index (χ2n) is 8.51. The van der Waals surface area contributed by atoms with Crippen LogP contribution in [-0.2, 0) is 20.6 Å². The van der Waals surface area contributed by atoms with E-state index >= 15 is 0 Å². The summed E-state index contributed by atoms with van der Waals surface area (Å²) in [5.74, 6) is 0.678. The van der Waals surface area contributed by atoms with Crippen LogP contribution in [0.15, 0.2) is 40.9 Å². The lowest BCUT2D eigenvalue weighted by Gasteiger charge is -2.26. The Morgan fingerprint density at radius 3 is 2.61 bits per heavy atom. The van der Waals surface area contributed by atoms with Crippen LogP contribution in [0.3, 0.4) is 0 Å². The lowest BCUT2D eigenvalue weighted by Crippen LogP contribution is -2.37.